The Kier molecular flexibility index (Phi) is 6.01. The number of rotatable bonds is 4. The van der Waals surface area contributed by atoms with Crippen molar-refractivity contribution in [1.82, 2.24) is 15.1 Å². The number of aromatic nitrogens is 2. The molecule has 0 saturated carbocycles. The summed E-state index contributed by atoms with van der Waals surface area (Å²) in [6, 6.07) is 3.58. The second-order valence-electron chi connectivity index (χ2n) is 6.94. The Hall–Kier alpha value is -1.69. The molecule has 0 aromatic carbocycles. The van der Waals surface area contributed by atoms with Gasteiger partial charge in [-0.25, -0.2) is 4.79 Å². The van der Waals surface area contributed by atoms with Gasteiger partial charge in [-0.05, 0) is 56.8 Å². The lowest BCUT2D eigenvalue weighted by atomic mass is 9.97. The third kappa shape index (κ3) is 4.44. The van der Waals surface area contributed by atoms with Crippen LogP contribution in [0.15, 0.2) is 12.1 Å². The van der Waals surface area contributed by atoms with E-state index >= 15 is 0 Å². The number of esters is 1. The molecule has 3 rings (SSSR count). The van der Waals surface area contributed by atoms with Crippen molar-refractivity contribution in [3.8, 4) is 0 Å². The van der Waals surface area contributed by atoms with E-state index < -0.39 is 5.97 Å². The van der Waals surface area contributed by atoms with Crippen molar-refractivity contribution in [3.63, 3.8) is 0 Å². The number of hydrogen-bond acceptors (Lipinski definition) is 6. The first kappa shape index (κ1) is 17.1. The molecule has 1 atom stereocenters. The highest BCUT2D eigenvalue weighted by atomic mass is 16.5. The van der Waals surface area contributed by atoms with Gasteiger partial charge in [0.15, 0.2) is 11.5 Å². The molecule has 0 N–H and O–H groups in total. The smallest absolute Gasteiger partial charge is 0.358 e. The van der Waals surface area contributed by atoms with Crippen molar-refractivity contribution in [2.24, 2.45) is 5.92 Å². The standard InChI is InChI=1S/C18H28N4O2/c1-24-18(23)16-8-9-17(20-19-16)22-12-6-7-15(14-22)13-21-10-4-2-3-5-11-21/h8-9,15H,2-7,10-14H2,1H3/t15-/m1/s1. The lowest BCUT2D eigenvalue weighted by Gasteiger charge is -2.35. The summed E-state index contributed by atoms with van der Waals surface area (Å²) in [5.74, 6) is 1.12. The molecule has 2 fully saturated rings. The van der Waals surface area contributed by atoms with Gasteiger partial charge in [-0.3, -0.25) is 0 Å². The third-order valence-corrected chi connectivity index (χ3v) is 5.10. The zero-order chi connectivity index (χ0) is 16.8. The van der Waals surface area contributed by atoms with Gasteiger partial charge in [0.2, 0.25) is 0 Å². The predicted molar refractivity (Wildman–Crippen MR) is 93.2 cm³/mol. The van der Waals surface area contributed by atoms with Crippen LogP contribution in [-0.2, 0) is 4.74 Å². The normalized spacial score (nSPS) is 22.9. The Morgan fingerprint density at radius 2 is 1.92 bits per heavy atom. The van der Waals surface area contributed by atoms with Crippen LogP contribution in [0.4, 0.5) is 5.82 Å². The van der Waals surface area contributed by atoms with Gasteiger partial charge < -0.3 is 14.5 Å². The van der Waals surface area contributed by atoms with Gasteiger partial charge in [0.25, 0.3) is 0 Å². The lowest BCUT2D eigenvalue weighted by Crippen LogP contribution is -2.41. The van der Waals surface area contributed by atoms with Crippen LogP contribution < -0.4 is 4.90 Å². The lowest BCUT2D eigenvalue weighted by molar-refractivity contribution is 0.0592. The first-order valence-corrected chi connectivity index (χ1v) is 9.15. The van der Waals surface area contributed by atoms with E-state index in [1.807, 2.05) is 6.07 Å². The zero-order valence-corrected chi connectivity index (χ0v) is 14.6. The third-order valence-electron chi connectivity index (χ3n) is 5.10. The summed E-state index contributed by atoms with van der Waals surface area (Å²) in [4.78, 5) is 16.4. The van der Waals surface area contributed by atoms with E-state index in [-0.39, 0.29) is 5.69 Å². The molecule has 2 aliphatic rings. The molecule has 2 aliphatic heterocycles. The maximum atomic E-state index is 11.5. The van der Waals surface area contributed by atoms with Gasteiger partial charge in [-0.2, -0.15) is 0 Å². The number of anilines is 1. The number of nitrogens with zero attached hydrogens (tertiary/aromatic N) is 4. The second-order valence-corrected chi connectivity index (χ2v) is 6.94. The minimum Gasteiger partial charge on any atom is -0.464 e. The fourth-order valence-corrected chi connectivity index (χ4v) is 3.81. The number of piperidine rings is 1. The maximum Gasteiger partial charge on any atom is 0.358 e. The monoisotopic (exact) mass is 332 g/mol. The average Bonchev–Trinajstić information content (AvgIpc) is 2.90. The fourth-order valence-electron chi connectivity index (χ4n) is 3.81. The molecule has 1 aromatic heterocycles. The summed E-state index contributed by atoms with van der Waals surface area (Å²) < 4.78 is 4.67. The molecule has 0 aliphatic carbocycles. The van der Waals surface area contributed by atoms with Crippen LogP contribution in [0, 0.1) is 5.92 Å². The summed E-state index contributed by atoms with van der Waals surface area (Å²) in [6.07, 6.45) is 7.94. The van der Waals surface area contributed by atoms with Crippen LogP contribution in [0.1, 0.15) is 49.0 Å². The van der Waals surface area contributed by atoms with Crippen LogP contribution in [0.5, 0.6) is 0 Å². The Bertz CT molecular complexity index is 526. The molecule has 3 heterocycles. The van der Waals surface area contributed by atoms with Crippen molar-refractivity contribution >= 4 is 11.8 Å². The van der Waals surface area contributed by atoms with Gasteiger partial charge in [-0.1, -0.05) is 12.8 Å². The highest BCUT2D eigenvalue weighted by Crippen LogP contribution is 2.23. The van der Waals surface area contributed by atoms with Gasteiger partial charge >= 0.3 is 5.97 Å². The van der Waals surface area contributed by atoms with Gasteiger partial charge in [0, 0.05) is 19.6 Å². The molecule has 132 valence electrons. The Labute approximate surface area is 144 Å². The molecule has 1 aromatic rings. The minimum absolute atomic E-state index is 0.263. The molecule has 0 bridgehead atoms. The summed E-state index contributed by atoms with van der Waals surface area (Å²) in [6.45, 7) is 5.75. The van der Waals surface area contributed by atoms with Gasteiger partial charge in [-0.15, -0.1) is 10.2 Å². The topological polar surface area (TPSA) is 58.6 Å². The number of carbonyl (C=O) groups excluding carboxylic acids is 1. The zero-order valence-electron chi connectivity index (χ0n) is 14.6. The van der Waals surface area contributed by atoms with E-state index in [0.717, 1.165) is 18.9 Å². The van der Waals surface area contributed by atoms with Gasteiger partial charge in [0.1, 0.15) is 0 Å². The van der Waals surface area contributed by atoms with E-state index in [0.29, 0.717) is 5.92 Å². The Morgan fingerprint density at radius 1 is 1.12 bits per heavy atom. The Balaban J connectivity index is 1.57. The SMILES string of the molecule is COC(=O)c1ccc(N2CCC[C@H](CN3CCCCCC3)C2)nn1. The summed E-state index contributed by atoms with van der Waals surface area (Å²) in [7, 11) is 1.36. The van der Waals surface area contributed by atoms with Crippen LogP contribution in [0.3, 0.4) is 0 Å². The molecule has 2 saturated heterocycles. The van der Waals surface area contributed by atoms with E-state index in [4.69, 9.17) is 0 Å². The highest BCUT2D eigenvalue weighted by Gasteiger charge is 2.24. The summed E-state index contributed by atoms with van der Waals surface area (Å²) in [5, 5.41) is 8.23. The second kappa shape index (κ2) is 8.42. The molecule has 0 spiro atoms. The first-order valence-electron chi connectivity index (χ1n) is 9.15. The van der Waals surface area contributed by atoms with Gasteiger partial charge in [0.05, 0.1) is 7.11 Å². The first-order chi connectivity index (χ1) is 11.8. The number of ether oxygens (including phenoxy) is 1. The number of likely N-dealkylation sites (tertiary alicyclic amines) is 1. The molecule has 24 heavy (non-hydrogen) atoms. The molecular formula is C18H28N4O2. The Morgan fingerprint density at radius 3 is 2.58 bits per heavy atom. The van der Waals surface area contributed by atoms with Crippen LogP contribution in [-0.4, -0.2) is 60.9 Å². The molecule has 6 heteroatoms. The van der Waals surface area contributed by atoms with E-state index in [1.54, 1.807) is 6.07 Å². The van der Waals surface area contributed by atoms with Crippen LogP contribution in [0.25, 0.3) is 0 Å². The van der Waals surface area contributed by atoms with E-state index in [1.165, 1.54) is 65.3 Å². The summed E-state index contributed by atoms with van der Waals surface area (Å²) >= 11 is 0. The maximum absolute atomic E-state index is 11.5. The number of carbonyl (C=O) groups is 1. The van der Waals surface area contributed by atoms with Crippen LogP contribution in [0.2, 0.25) is 0 Å². The predicted octanol–water partition coefficient (Wildman–Crippen LogP) is 2.36. The fraction of sp³-hybridized carbons (Fsp3) is 0.722. The number of methoxy groups -OCH3 is 1. The van der Waals surface area contributed by atoms with Crippen LogP contribution >= 0.6 is 0 Å². The van der Waals surface area contributed by atoms with Crippen molar-refractivity contribution in [3.05, 3.63) is 17.8 Å². The quantitative estimate of drug-likeness (QED) is 0.789. The largest absolute Gasteiger partial charge is 0.464 e. The van der Waals surface area contributed by atoms with E-state index in [9.17, 15) is 4.79 Å². The molecule has 0 amide bonds. The van der Waals surface area contributed by atoms with Crippen molar-refractivity contribution in [2.75, 3.05) is 44.7 Å². The summed E-state index contributed by atoms with van der Waals surface area (Å²) in [5.41, 5.74) is 0.263. The molecular weight excluding hydrogens is 304 g/mol. The van der Waals surface area contributed by atoms with Crippen molar-refractivity contribution in [2.45, 2.75) is 38.5 Å². The highest BCUT2D eigenvalue weighted by molar-refractivity contribution is 5.86. The average molecular weight is 332 g/mol. The van der Waals surface area contributed by atoms with Crippen molar-refractivity contribution < 1.29 is 9.53 Å². The van der Waals surface area contributed by atoms with Crippen molar-refractivity contribution in [1.29, 1.82) is 0 Å². The minimum atomic E-state index is -0.438. The number of hydrogen-bond donors (Lipinski definition) is 0. The molecule has 6 nitrogen and oxygen atoms in total. The molecule has 0 radical (unpaired) electrons. The molecule has 0 unspecified atom stereocenters. The van der Waals surface area contributed by atoms with E-state index in [2.05, 4.69) is 24.7 Å².